The first-order valence-corrected chi connectivity index (χ1v) is 11.0. The lowest BCUT2D eigenvalue weighted by molar-refractivity contribution is 0.101. The number of imidazole rings is 1. The van der Waals surface area contributed by atoms with Gasteiger partial charge in [-0.1, -0.05) is 12.1 Å². The summed E-state index contributed by atoms with van der Waals surface area (Å²) in [6, 6.07) is 13.0. The summed E-state index contributed by atoms with van der Waals surface area (Å²) in [7, 11) is 5.00. The SMILES string of the molecule is COc1cc(-c2nc(CO)n3ccnc(C)c23)ccc1NC(=O)c1cc2c(OC)cccc2n1C. The molecule has 0 saturated carbocycles. The highest BCUT2D eigenvalue weighted by Gasteiger charge is 2.19. The summed E-state index contributed by atoms with van der Waals surface area (Å²) >= 11 is 0. The van der Waals surface area contributed by atoms with Gasteiger partial charge >= 0.3 is 0 Å². The molecule has 9 heteroatoms. The van der Waals surface area contributed by atoms with E-state index in [1.165, 1.54) is 0 Å². The lowest BCUT2D eigenvalue weighted by Gasteiger charge is -2.12. The highest BCUT2D eigenvalue weighted by atomic mass is 16.5. The van der Waals surface area contributed by atoms with E-state index in [0.29, 0.717) is 34.4 Å². The molecule has 0 saturated heterocycles. The fourth-order valence-electron chi connectivity index (χ4n) is 4.43. The number of nitrogens with one attached hydrogen (secondary N) is 1. The summed E-state index contributed by atoms with van der Waals surface area (Å²) in [5.74, 6) is 1.44. The van der Waals surface area contributed by atoms with Crippen molar-refractivity contribution in [3.8, 4) is 22.8 Å². The molecule has 0 spiro atoms. The topological polar surface area (TPSA) is 103 Å². The Morgan fingerprint density at radius 1 is 1.11 bits per heavy atom. The van der Waals surface area contributed by atoms with Crippen LogP contribution in [0.4, 0.5) is 5.69 Å². The third-order valence-corrected chi connectivity index (χ3v) is 6.17. The van der Waals surface area contributed by atoms with Crippen molar-refractivity contribution >= 4 is 28.0 Å². The van der Waals surface area contributed by atoms with Gasteiger partial charge in [0.2, 0.25) is 0 Å². The zero-order valence-electron chi connectivity index (χ0n) is 19.9. The number of aromatic nitrogens is 4. The molecular weight excluding hydrogens is 446 g/mol. The van der Waals surface area contributed by atoms with Gasteiger partial charge in [-0.2, -0.15) is 0 Å². The summed E-state index contributed by atoms with van der Waals surface area (Å²) in [5.41, 5.74) is 4.97. The predicted molar refractivity (Wildman–Crippen MR) is 133 cm³/mol. The van der Waals surface area contributed by atoms with E-state index in [2.05, 4.69) is 15.3 Å². The number of hydrogen-bond donors (Lipinski definition) is 2. The minimum absolute atomic E-state index is 0.203. The van der Waals surface area contributed by atoms with E-state index in [0.717, 1.165) is 27.7 Å². The molecule has 0 aliphatic heterocycles. The maximum Gasteiger partial charge on any atom is 0.272 e. The van der Waals surface area contributed by atoms with Crippen molar-refractivity contribution in [1.29, 1.82) is 0 Å². The van der Waals surface area contributed by atoms with E-state index >= 15 is 0 Å². The number of aliphatic hydroxyl groups excluding tert-OH is 1. The first kappa shape index (κ1) is 22.4. The first-order chi connectivity index (χ1) is 17.0. The van der Waals surface area contributed by atoms with Gasteiger partial charge in [-0.25, -0.2) is 4.98 Å². The molecule has 0 bridgehead atoms. The van der Waals surface area contributed by atoms with Crippen LogP contribution in [0.3, 0.4) is 0 Å². The van der Waals surface area contributed by atoms with E-state index in [1.54, 1.807) is 32.7 Å². The van der Waals surface area contributed by atoms with Crippen molar-refractivity contribution in [2.24, 2.45) is 7.05 Å². The Kier molecular flexibility index (Phi) is 5.62. The Hall–Kier alpha value is -4.37. The highest BCUT2D eigenvalue weighted by Crippen LogP contribution is 2.34. The number of aryl methyl sites for hydroxylation is 2. The molecule has 1 amide bonds. The molecule has 0 fully saturated rings. The van der Waals surface area contributed by atoms with Gasteiger partial charge in [0, 0.05) is 30.4 Å². The molecule has 3 aromatic heterocycles. The van der Waals surface area contributed by atoms with Crippen molar-refractivity contribution in [3.63, 3.8) is 0 Å². The van der Waals surface area contributed by atoms with Gasteiger partial charge in [-0.05, 0) is 37.3 Å². The number of hydrogen-bond acceptors (Lipinski definition) is 6. The molecular formula is C26H25N5O4. The number of aliphatic hydroxyl groups is 1. The Balaban J connectivity index is 1.52. The number of amides is 1. The molecule has 0 aliphatic rings. The predicted octanol–water partition coefficient (Wildman–Crippen LogP) is 3.96. The second-order valence-corrected chi connectivity index (χ2v) is 8.12. The van der Waals surface area contributed by atoms with E-state index in [9.17, 15) is 9.90 Å². The van der Waals surface area contributed by atoms with E-state index in [4.69, 9.17) is 9.47 Å². The monoisotopic (exact) mass is 471 g/mol. The number of anilines is 1. The van der Waals surface area contributed by atoms with Gasteiger partial charge in [0.25, 0.3) is 5.91 Å². The Bertz CT molecular complexity index is 1580. The van der Waals surface area contributed by atoms with Crippen LogP contribution in [0.1, 0.15) is 22.0 Å². The second kappa shape index (κ2) is 8.77. The first-order valence-electron chi connectivity index (χ1n) is 11.0. The molecule has 35 heavy (non-hydrogen) atoms. The lowest BCUT2D eigenvalue weighted by Crippen LogP contribution is -2.16. The number of fused-ring (bicyclic) bond motifs is 2. The summed E-state index contributed by atoms with van der Waals surface area (Å²) in [5, 5.41) is 13.6. The quantitative estimate of drug-likeness (QED) is 0.389. The molecule has 2 aromatic carbocycles. The van der Waals surface area contributed by atoms with Crippen LogP contribution in [-0.2, 0) is 13.7 Å². The summed E-state index contributed by atoms with van der Waals surface area (Å²) in [6.45, 7) is 1.69. The van der Waals surface area contributed by atoms with E-state index < -0.39 is 0 Å². The maximum absolute atomic E-state index is 13.2. The Morgan fingerprint density at radius 3 is 2.66 bits per heavy atom. The van der Waals surface area contributed by atoms with Crippen LogP contribution in [0.5, 0.6) is 11.5 Å². The standard InChI is InChI=1S/C26H25N5O4/c1-15-25-24(29-23(14-32)31(25)11-10-27-15)16-8-9-18(22(12-16)35-4)28-26(33)20-13-17-19(30(20)2)6-5-7-21(17)34-3/h5-13,32H,14H2,1-4H3,(H,28,33). The average Bonchev–Trinajstić information content (AvgIpc) is 3.43. The summed E-state index contributed by atoms with van der Waals surface area (Å²) in [4.78, 5) is 22.2. The second-order valence-electron chi connectivity index (χ2n) is 8.12. The van der Waals surface area contributed by atoms with Crippen LogP contribution in [0.15, 0.2) is 54.9 Å². The Morgan fingerprint density at radius 2 is 1.91 bits per heavy atom. The molecule has 178 valence electrons. The fourth-order valence-corrected chi connectivity index (χ4v) is 4.43. The van der Waals surface area contributed by atoms with Crippen LogP contribution in [0, 0.1) is 6.92 Å². The zero-order chi connectivity index (χ0) is 24.7. The number of ether oxygens (including phenoxy) is 2. The van der Waals surface area contributed by atoms with Crippen LogP contribution in [-0.4, -0.2) is 44.2 Å². The maximum atomic E-state index is 13.2. The third kappa shape index (κ3) is 3.66. The molecule has 0 unspecified atom stereocenters. The third-order valence-electron chi connectivity index (χ3n) is 6.17. The van der Waals surface area contributed by atoms with Crippen molar-refractivity contribution in [2.75, 3.05) is 19.5 Å². The Labute approximate surface area is 201 Å². The number of methoxy groups -OCH3 is 2. The van der Waals surface area contributed by atoms with Gasteiger partial charge in [0.15, 0.2) is 0 Å². The van der Waals surface area contributed by atoms with Crippen LogP contribution < -0.4 is 14.8 Å². The van der Waals surface area contributed by atoms with Gasteiger partial charge in [-0.3, -0.25) is 14.2 Å². The van der Waals surface area contributed by atoms with E-state index in [-0.39, 0.29) is 12.5 Å². The number of carbonyl (C=O) groups excluding carboxylic acids is 1. The van der Waals surface area contributed by atoms with Crippen molar-refractivity contribution < 1.29 is 19.4 Å². The number of carbonyl (C=O) groups is 1. The molecule has 0 radical (unpaired) electrons. The fraction of sp³-hybridized carbons (Fsp3) is 0.192. The zero-order valence-corrected chi connectivity index (χ0v) is 19.9. The highest BCUT2D eigenvalue weighted by molar-refractivity contribution is 6.08. The number of nitrogens with zero attached hydrogens (tertiary/aromatic N) is 4. The van der Waals surface area contributed by atoms with Crippen LogP contribution in [0.25, 0.3) is 27.7 Å². The largest absolute Gasteiger partial charge is 0.496 e. The minimum Gasteiger partial charge on any atom is -0.496 e. The average molecular weight is 472 g/mol. The van der Waals surface area contributed by atoms with Crippen molar-refractivity contribution in [3.05, 3.63) is 72.1 Å². The van der Waals surface area contributed by atoms with Gasteiger partial charge in [0.05, 0.1) is 42.3 Å². The number of rotatable bonds is 6. The molecule has 5 rings (SSSR count). The van der Waals surface area contributed by atoms with Crippen LogP contribution >= 0.6 is 0 Å². The summed E-state index contributed by atoms with van der Waals surface area (Å²) < 4.78 is 14.7. The van der Waals surface area contributed by atoms with Crippen molar-refractivity contribution in [1.82, 2.24) is 18.9 Å². The molecule has 5 aromatic rings. The number of benzene rings is 2. The lowest BCUT2D eigenvalue weighted by atomic mass is 10.1. The molecule has 3 heterocycles. The molecule has 2 N–H and O–H groups in total. The van der Waals surface area contributed by atoms with E-state index in [1.807, 2.05) is 59.3 Å². The molecule has 9 nitrogen and oxygen atoms in total. The van der Waals surface area contributed by atoms with Crippen molar-refractivity contribution in [2.45, 2.75) is 13.5 Å². The summed E-state index contributed by atoms with van der Waals surface area (Å²) in [6.07, 6.45) is 3.45. The molecule has 0 aliphatic carbocycles. The minimum atomic E-state index is -0.271. The van der Waals surface area contributed by atoms with Gasteiger partial charge < -0.3 is 24.5 Å². The van der Waals surface area contributed by atoms with Gasteiger partial charge in [-0.15, -0.1) is 0 Å². The van der Waals surface area contributed by atoms with Gasteiger partial charge in [0.1, 0.15) is 29.6 Å². The smallest absolute Gasteiger partial charge is 0.272 e. The molecule has 0 atom stereocenters. The normalized spacial score (nSPS) is 11.2. The van der Waals surface area contributed by atoms with Crippen LogP contribution in [0.2, 0.25) is 0 Å².